The molecule has 0 unspecified atom stereocenters. The summed E-state index contributed by atoms with van der Waals surface area (Å²) in [5, 5.41) is 17.8. The van der Waals surface area contributed by atoms with Crippen molar-refractivity contribution in [1.82, 2.24) is 0 Å². The Labute approximate surface area is 80.0 Å². The lowest BCUT2D eigenvalue weighted by Crippen LogP contribution is -2.01. The summed E-state index contributed by atoms with van der Waals surface area (Å²) in [6, 6.07) is 3.18. The fourth-order valence-corrected chi connectivity index (χ4v) is 1.05. The molecule has 0 aliphatic heterocycles. The highest BCUT2D eigenvalue weighted by molar-refractivity contribution is 5.98. The Balaban J connectivity index is 3.21. The van der Waals surface area contributed by atoms with Crippen LogP contribution in [0.1, 0.15) is 18.9 Å². The zero-order valence-electron chi connectivity index (χ0n) is 7.58. The van der Waals surface area contributed by atoms with E-state index in [4.69, 9.17) is 5.41 Å². The van der Waals surface area contributed by atoms with Gasteiger partial charge in [0, 0.05) is 23.4 Å². The molecule has 5 heteroatoms. The molecule has 4 nitrogen and oxygen atoms in total. The van der Waals surface area contributed by atoms with Crippen molar-refractivity contribution in [3.8, 4) is 0 Å². The van der Waals surface area contributed by atoms with Crippen LogP contribution in [-0.2, 0) is 0 Å². The van der Waals surface area contributed by atoms with Gasteiger partial charge in [-0.05, 0) is 12.5 Å². The van der Waals surface area contributed by atoms with E-state index < -0.39 is 10.7 Å². The molecule has 0 amide bonds. The predicted molar refractivity (Wildman–Crippen MR) is 50.2 cm³/mol. The van der Waals surface area contributed by atoms with Gasteiger partial charge in [-0.15, -0.1) is 0 Å². The molecule has 74 valence electrons. The minimum absolute atomic E-state index is 0.00157. The highest BCUT2D eigenvalue weighted by Gasteiger charge is 2.12. The first-order valence-electron chi connectivity index (χ1n) is 4.08. The number of nitro benzene ring substituents is 1. The Morgan fingerprint density at radius 2 is 2.29 bits per heavy atom. The molecule has 0 fully saturated rings. The van der Waals surface area contributed by atoms with Gasteiger partial charge in [0.25, 0.3) is 5.69 Å². The average Bonchev–Trinajstić information content (AvgIpc) is 2.17. The molecule has 14 heavy (non-hydrogen) atoms. The highest BCUT2D eigenvalue weighted by atomic mass is 19.1. The maximum atomic E-state index is 13.1. The van der Waals surface area contributed by atoms with Crippen molar-refractivity contribution in [2.24, 2.45) is 0 Å². The van der Waals surface area contributed by atoms with Crippen LogP contribution < -0.4 is 0 Å². The summed E-state index contributed by atoms with van der Waals surface area (Å²) in [7, 11) is 0. The molecule has 1 rings (SSSR count). The van der Waals surface area contributed by atoms with Gasteiger partial charge in [-0.1, -0.05) is 6.92 Å². The van der Waals surface area contributed by atoms with E-state index in [1.807, 2.05) is 0 Å². The molecule has 0 saturated heterocycles. The van der Waals surface area contributed by atoms with Crippen molar-refractivity contribution in [3.05, 3.63) is 39.7 Å². The fourth-order valence-electron chi connectivity index (χ4n) is 1.05. The molecule has 1 aromatic rings. The van der Waals surface area contributed by atoms with Gasteiger partial charge in [0.05, 0.1) is 4.92 Å². The van der Waals surface area contributed by atoms with E-state index >= 15 is 0 Å². The Kier molecular flexibility index (Phi) is 2.91. The number of benzene rings is 1. The smallest absolute Gasteiger partial charge is 0.270 e. The number of hydrogen-bond donors (Lipinski definition) is 1. The van der Waals surface area contributed by atoms with Crippen LogP contribution in [0.15, 0.2) is 18.2 Å². The van der Waals surface area contributed by atoms with E-state index in [9.17, 15) is 14.5 Å². The first-order chi connectivity index (χ1) is 6.56. The SMILES string of the molecule is CCC(=N)c1cc([N+](=O)[O-])ccc1F. The zero-order chi connectivity index (χ0) is 10.7. The van der Waals surface area contributed by atoms with Gasteiger partial charge < -0.3 is 5.41 Å². The standard InChI is InChI=1S/C9H9FN2O2/c1-2-9(11)7-5-6(12(13)14)3-4-8(7)10/h3-5,11H,2H2,1H3. The van der Waals surface area contributed by atoms with Crippen molar-refractivity contribution in [2.75, 3.05) is 0 Å². The third kappa shape index (κ3) is 1.93. The lowest BCUT2D eigenvalue weighted by molar-refractivity contribution is -0.384. The Morgan fingerprint density at radius 1 is 1.64 bits per heavy atom. The van der Waals surface area contributed by atoms with E-state index in [2.05, 4.69) is 0 Å². The lowest BCUT2D eigenvalue weighted by atomic mass is 10.1. The topological polar surface area (TPSA) is 67.0 Å². The third-order valence-electron chi connectivity index (χ3n) is 1.84. The minimum Gasteiger partial charge on any atom is -0.305 e. The van der Waals surface area contributed by atoms with Crippen LogP contribution in [0.3, 0.4) is 0 Å². The summed E-state index contributed by atoms with van der Waals surface area (Å²) in [6.07, 6.45) is 0.345. The van der Waals surface area contributed by atoms with Crippen molar-refractivity contribution < 1.29 is 9.31 Å². The first kappa shape index (κ1) is 10.3. The van der Waals surface area contributed by atoms with Crippen molar-refractivity contribution >= 4 is 11.4 Å². The summed E-state index contributed by atoms with van der Waals surface area (Å²) >= 11 is 0. The summed E-state index contributed by atoms with van der Waals surface area (Å²) in [5.41, 5.74) is -0.132. The second-order valence-electron chi connectivity index (χ2n) is 2.75. The Bertz CT molecular complexity index is 390. The molecule has 0 atom stereocenters. The van der Waals surface area contributed by atoms with Crippen LogP contribution in [0, 0.1) is 21.3 Å². The van der Waals surface area contributed by atoms with Gasteiger partial charge in [-0.3, -0.25) is 10.1 Å². The largest absolute Gasteiger partial charge is 0.305 e. The summed E-state index contributed by atoms with van der Waals surface area (Å²) in [6.45, 7) is 1.70. The molecule has 0 heterocycles. The zero-order valence-corrected chi connectivity index (χ0v) is 7.58. The second kappa shape index (κ2) is 3.95. The van der Waals surface area contributed by atoms with Crippen LogP contribution in [0.25, 0.3) is 0 Å². The Hall–Kier alpha value is -1.78. The molecule has 0 spiro atoms. The maximum absolute atomic E-state index is 13.1. The summed E-state index contributed by atoms with van der Waals surface area (Å²) < 4.78 is 13.1. The van der Waals surface area contributed by atoms with E-state index in [1.165, 1.54) is 0 Å². The second-order valence-corrected chi connectivity index (χ2v) is 2.75. The molecule has 0 aromatic heterocycles. The minimum atomic E-state index is -0.605. The normalized spacial score (nSPS) is 9.86. The Morgan fingerprint density at radius 3 is 2.79 bits per heavy atom. The van der Waals surface area contributed by atoms with Crippen molar-refractivity contribution in [2.45, 2.75) is 13.3 Å². The number of hydrogen-bond acceptors (Lipinski definition) is 3. The maximum Gasteiger partial charge on any atom is 0.270 e. The molecule has 1 N–H and O–H groups in total. The average molecular weight is 196 g/mol. The van der Waals surface area contributed by atoms with Crippen LogP contribution in [0.5, 0.6) is 0 Å². The van der Waals surface area contributed by atoms with Gasteiger partial charge >= 0.3 is 0 Å². The van der Waals surface area contributed by atoms with Crippen LogP contribution in [0.2, 0.25) is 0 Å². The summed E-state index contributed by atoms with van der Waals surface area (Å²) in [5.74, 6) is -0.595. The number of halogens is 1. The van der Waals surface area contributed by atoms with Crippen LogP contribution >= 0.6 is 0 Å². The number of rotatable bonds is 3. The molecule has 0 saturated carbocycles. The molecule has 0 radical (unpaired) electrons. The van der Waals surface area contributed by atoms with Gasteiger partial charge in [0.1, 0.15) is 5.82 Å². The molecule has 0 aliphatic carbocycles. The summed E-state index contributed by atoms with van der Waals surface area (Å²) in [4.78, 5) is 9.78. The lowest BCUT2D eigenvalue weighted by Gasteiger charge is -2.02. The predicted octanol–water partition coefficient (Wildman–Crippen LogP) is 2.51. The molecule has 0 aliphatic rings. The number of non-ortho nitro benzene ring substituents is 1. The van der Waals surface area contributed by atoms with E-state index in [0.29, 0.717) is 6.42 Å². The van der Waals surface area contributed by atoms with Gasteiger partial charge in [-0.2, -0.15) is 0 Å². The molecular weight excluding hydrogens is 187 g/mol. The number of nitrogens with zero attached hydrogens (tertiary/aromatic N) is 1. The quantitative estimate of drug-likeness (QED) is 0.458. The highest BCUT2D eigenvalue weighted by Crippen LogP contribution is 2.17. The van der Waals surface area contributed by atoms with Crippen molar-refractivity contribution in [1.29, 1.82) is 5.41 Å². The number of nitro groups is 1. The van der Waals surface area contributed by atoms with Gasteiger partial charge in [-0.25, -0.2) is 4.39 Å². The van der Waals surface area contributed by atoms with Gasteiger partial charge in [0.15, 0.2) is 0 Å². The molecule has 0 bridgehead atoms. The molecule has 1 aromatic carbocycles. The third-order valence-corrected chi connectivity index (χ3v) is 1.84. The first-order valence-corrected chi connectivity index (χ1v) is 4.08. The number of nitrogens with one attached hydrogen (secondary N) is 1. The monoisotopic (exact) mass is 196 g/mol. The van der Waals surface area contributed by atoms with E-state index in [1.54, 1.807) is 6.92 Å². The van der Waals surface area contributed by atoms with Gasteiger partial charge in [0.2, 0.25) is 0 Å². The van der Waals surface area contributed by atoms with Crippen molar-refractivity contribution in [3.63, 3.8) is 0 Å². The molecular formula is C9H9FN2O2. The fraction of sp³-hybridized carbons (Fsp3) is 0.222. The van der Waals surface area contributed by atoms with Crippen LogP contribution in [0.4, 0.5) is 10.1 Å². The van der Waals surface area contributed by atoms with E-state index in [-0.39, 0.29) is 17.0 Å². The van der Waals surface area contributed by atoms with Crippen LogP contribution in [-0.4, -0.2) is 10.6 Å². The van der Waals surface area contributed by atoms with E-state index in [0.717, 1.165) is 18.2 Å².